The van der Waals surface area contributed by atoms with E-state index in [1.165, 1.54) is 0 Å². The number of rotatable bonds is 5. The first-order valence-electron chi connectivity index (χ1n) is 7.70. The van der Waals surface area contributed by atoms with Gasteiger partial charge in [-0.25, -0.2) is 4.79 Å². The van der Waals surface area contributed by atoms with E-state index < -0.39 is 0 Å². The van der Waals surface area contributed by atoms with E-state index in [4.69, 9.17) is 9.47 Å². The molecule has 116 valence electrons. The van der Waals surface area contributed by atoms with E-state index in [0.29, 0.717) is 23.7 Å². The number of ether oxygens (including phenoxy) is 2. The van der Waals surface area contributed by atoms with Crippen LogP contribution in [0.1, 0.15) is 23.7 Å². The first-order chi connectivity index (χ1) is 11.3. The monoisotopic (exact) mass is 306 g/mol. The Kier molecular flexibility index (Phi) is 4.57. The van der Waals surface area contributed by atoms with Gasteiger partial charge >= 0.3 is 5.97 Å². The number of benzene rings is 3. The van der Waals surface area contributed by atoms with E-state index in [1.54, 1.807) is 24.3 Å². The molecule has 0 aliphatic heterocycles. The van der Waals surface area contributed by atoms with Crippen molar-refractivity contribution in [3.05, 3.63) is 72.3 Å². The molecule has 0 fully saturated rings. The molecule has 0 saturated carbocycles. The molecule has 3 aromatic rings. The third kappa shape index (κ3) is 3.69. The standard InChI is InChI=1S/C20H18O3/c1-2-12-22-18-9-5-8-17(14-18)20(21)23-19-11-10-15-6-3-4-7-16(15)13-19/h3-11,13-14H,2,12H2,1H3. The third-order valence-electron chi connectivity index (χ3n) is 3.47. The lowest BCUT2D eigenvalue weighted by atomic mass is 10.1. The zero-order chi connectivity index (χ0) is 16.1. The van der Waals surface area contributed by atoms with Crippen LogP contribution in [0.15, 0.2) is 66.7 Å². The Balaban J connectivity index is 1.77. The lowest BCUT2D eigenvalue weighted by Gasteiger charge is -2.08. The van der Waals surface area contributed by atoms with Crippen LogP contribution in [0.5, 0.6) is 11.5 Å². The van der Waals surface area contributed by atoms with Crippen molar-refractivity contribution in [1.82, 2.24) is 0 Å². The van der Waals surface area contributed by atoms with Gasteiger partial charge in [-0.1, -0.05) is 43.3 Å². The van der Waals surface area contributed by atoms with E-state index in [2.05, 4.69) is 0 Å². The number of carbonyl (C=O) groups is 1. The fourth-order valence-corrected chi connectivity index (χ4v) is 2.33. The molecule has 3 aromatic carbocycles. The average molecular weight is 306 g/mol. The minimum atomic E-state index is -0.387. The maximum atomic E-state index is 12.3. The van der Waals surface area contributed by atoms with Crippen molar-refractivity contribution in [3.8, 4) is 11.5 Å². The van der Waals surface area contributed by atoms with Gasteiger partial charge < -0.3 is 9.47 Å². The largest absolute Gasteiger partial charge is 0.494 e. The van der Waals surface area contributed by atoms with Gasteiger partial charge in [0.1, 0.15) is 11.5 Å². The molecule has 0 N–H and O–H groups in total. The maximum absolute atomic E-state index is 12.3. The number of carbonyl (C=O) groups excluding carboxylic acids is 1. The van der Waals surface area contributed by atoms with Crippen LogP contribution in [0.3, 0.4) is 0 Å². The average Bonchev–Trinajstić information content (AvgIpc) is 2.60. The third-order valence-corrected chi connectivity index (χ3v) is 3.47. The summed E-state index contributed by atoms with van der Waals surface area (Å²) in [7, 11) is 0. The van der Waals surface area contributed by atoms with Gasteiger partial charge in [-0.3, -0.25) is 0 Å². The Bertz CT molecular complexity index is 824. The lowest BCUT2D eigenvalue weighted by Crippen LogP contribution is -2.08. The quantitative estimate of drug-likeness (QED) is 0.499. The Labute approximate surface area is 135 Å². The molecule has 3 rings (SSSR count). The van der Waals surface area contributed by atoms with Crippen LogP contribution in [0, 0.1) is 0 Å². The Morgan fingerprint density at radius 3 is 2.52 bits per heavy atom. The van der Waals surface area contributed by atoms with Gasteiger partial charge in [0.15, 0.2) is 0 Å². The van der Waals surface area contributed by atoms with Gasteiger partial charge in [-0.2, -0.15) is 0 Å². The molecule has 0 atom stereocenters. The summed E-state index contributed by atoms with van der Waals surface area (Å²) >= 11 is 0. The van der Waals surface area contributed by atoms with Crippen molar-refractivity contribution < 1.29 is 14.3 Å². The zero-order valence-electron chi connectivity index (χ0n) is 13.0. The molecular formula is C20H18O3. The van der Waals surface area contributed by atoms with Crippen LogP contribution in [0.4, 0.5) is 0 Å². The summed E-state index contributed by atoms with van der Waals surface area (Å²) in [5.74, 6) is 0.829. The van der Waals surface area contributed by atoms with Crippen LogP contribution in [-0.4, -0.2) is 12.6 Å². The van der Waals surface area contributed by atoms with Gasteiger partial charge in [-0.05, 0) is 47.5 Å². The lowest BCUT2D eigenvalue weighted by molar-refractivity contribution is 0.0734. The molecule has 3 heteroatoms. The summed E-state index contributed by atoms with van der Waals surface area (Å²) in [5.41, 5.74) is 0.478. The topological polar surface area (TPSA) is 35.5 Å². The summed E-state index contributed by atoms with van der Waals surface area (Å²) in [6.07, 6.45) is 0.922. The van der Waals surface area contributed by atoms with Gasteiger partial charge in [0.2, 0.25) is 0 Å². The van der Waals surface area contributed by atoms with Crippen LogP contribution >= 0.6 is 0 Å². The van der Waals surface area contributed by atoms with E-state index >= 15 is 0 Å². The van der Waals surface area contributed by atoms with Crippen molar-refractivity contribution in [3.63, 3.8) is 0 Å². The fraction of sp³-hybridized carbons (Fsp3) is 0.150. The highest BCUT2D eigenvalue weighted by Gasteiger charge is 2.10. The number of hydrogen-bond acceptors (Lipinski definition) is 3. The molecule has 0 unspecified atom stereocenters. The molecule has 0 heterocycles. The summed E-state index contributed by atoms with van der Waals surface area (Å²) in [6, 6.07) is 20.6. The second-order valence-electron chi connectivity index (χ2n) is 5.27. The molecule has 0 radical (unpaired) electrons. The summed E-state index contributed by atoms with van der Waals surface area (Å²) < 4.78 is 11.0. The Morgan fingerprint density at radius 1 is 0.870 bits per heavy atom. The molecule has 0 aliphatic rings. The minimum absolute atomic E-state index is 0.387. The second kappa shape index (κ2) is 6.97. The zero-order valence-corrected chi connectivity index (χ0v) is 13.0. The summed E-state index contributed by atoms with van der Waals surface area (Å²) in [5, 5.41) is 2.15. The molecule has 23 heavy (non-hydrogen) atoms. The molecule has 0 aliphatic carbocycles. The fourth-order valence-electron chi connectivity index (χ4n) is 2.33. The minimum Gasteiger partial charge on any atom is -0.494 e. The van der Waals surface area contributed by atoms with E-state index in [-0.39, 0.29) is 5.97 Å². The highest BCUT2D eigenvalue weighted by molar-refractivity contribution is 5.92. The van der Waals surface area contributed by atoms with Crippen molar-refractivity contribution >= 4 is 16.7 Å². The van der Waals surface area contributed by atoms with Crippen LogP contribution < -0.4 is 9.47 Å². The smallest absolute Gasteiger partial charge is 0.343 e. The predicted molar refractivity (Wildman–Crippen MR) is 91.1 cm³/mol. The molecule has 0 aromatic heterocycles. The normalized spacial score (nSPS) is 10.5. The highest BCUT2D eigenvalue weighted by atomic mass is 16.5. The maximum Gasteiger partial charge on any atom is 0.343 e. The van der Waals surface area contributed by atoms with E-state index in [1.807, 2.05) is 49.4 Å². The highest BCUT2D eigenvalue weighted by Crippen LogP contribution is 2.22. The van der Waals surface area contributed by atoms with Crippen LogP contribution in [0.2, 0.25) is 0 Å². The van der Waals surface area contributed by atoms with Crippen molar-refractivity contribution in [2.45, 2.75) is 13.3 Å². The van der Waals surface area contributed by atoms with Crippen LogP contribution in [0.25, 0.3) is 10.8 Å². The van der Waals surface area contributed by atoms with Crippen molar-refractivity contribution in [2.24, 2.45) is 0 Å². The van der Waals surface area contributed by atoms with Crippen molar-refractivity contribution in [1.29, 1.82) is 0 Å². The molecule has 3 nitrogen and oxygen atoms in total. The van der Waals surface area contributed by atoms with Gasteiger partial charge in [0.05, 0.1) is 12.2 Å². The molecule has 0 spiro atoms. The van der Waals surface area contributed by atoms with Gasteiger partial charge in [0.25, 0.3) is 0 Å². The first kappa shape index (κ1) is 15.1. The van der Waals surface area contributed by atoms with Gasteiger partial charge in [0, 0.05) is 0 Å². The Morgan fingerprint density at radius 2 is 1.70 bits per heavy atom. The SMILES string of the molecule is CCCOc1cccc(C(=O)Oc2ccc3ccccc3c2)c1. The van der Waals surface area contributed by atoms with Crippen LogP contribution in [-0.2, 0) is 0 Å². The van der Waals surface area contributed by atoms with Gasteiger partial charge in [-0.15, -0.1) is 0 Å². The summed E-state index contributed by atoms with van der Waals surface area (Å²) in [4.78, 5) is 12.3. The summed E-state index contributed by atoms with van der Waals surface area (Å²) in [6.45, 7) is 2.67. The second-order valence-corrected chi connectivity index (χ2v) is 5.27. The molecular weight excluding hydrogens is 288 g/mol. The molecule has 0 saturated heterocycles. The predicted octanol–water partition coefficient (Wildman–Crippen LogP) is 4.85. The number of fused-ring (bicyclic) bond motifs is 1. The van der Waals surface area contributed by atoms with Crippen molar-refractivity contribution in [2.75, 3.05) is 6.61 Å². The van der Waals surface area contributed by atoms with E-state index in [0.717, 1.165) is 17.2 Å². The first-order valence-corrected chi connectivity index (χ1v) is 7.70. The Hall–Kier alpha value is -2.81. The molecule has 0 amide bonds. The van der Waals surface area contributed by atoms with E-state index in [9.17, 15) is 4.79 Å². The molecule has 0 bridgehead atoms. The number of esters is 1. The number of hydrogen-bond donors (Lipinski definition) is 0.